The van der Waals surface area contributed by atoms with E-state index in [0.717, 1.165) is 18.5 Å². The van der Waals surface area contributed by atoms with Crippen LogP contribution in [0.5, 0.6) is 0 Å². The van der Waals surface area contributed by atoms with Crippen LogP contribution in [0.4, 0.5) is 10.1 Å². The lowest BCUT2D eigenvalue weighted by molar-refractivity contribution is 0.0971. The summed E-state index contributed by atoms with van der Waals surface area (Å²) in [4.78, 5) is 16.1. The molecule has 3 rings (SSSR count). The summed E-state index contributed by atoms with van der Waals surface area (Å²) in [5, 5.41) is 0. The molecule has 0 fully saturated rings. The minimum Gasteiger partial charge on any atom is -0.399 e. The summed E-state index contributed by atoms with van der Waals surface area (Å²) in [6, 6.07) is 7.67. The van der Waals surface area contributed by atoms with E-state index in [9.17, 15) is 9.18 Å². The molecule has 0 atom stereocenters. The number of pyridine rings is 1. The van der Waals surface area contributed by atoms with Gasteiger partial charge in [-0.05, 0) is 49.1 Å². The minimum absolute atomic E-state index is 0.140. The molecular weight excluding hydrogens is 267 g/mol. The summed E-state index contributed by atoms with van der Waals surface area (Å²) < 4.78 is 13.2. The Bertz CT molecular complexity index is 767. The van der Waals surface area contributed by atoms with Gasteiger partial charge < -0.3 is 5.73 Å². The third kappa shape index (κ3) is 2.92. The van der Waals surface area contributed by atoms with Crippen LogP contribution in [0.25, 0.3) is 0 Å². The van der Waals surface area contributed by atoms with Crippen LogP contribution in [0.15, 0.2) is 30.3 Å². The van der Waals surface area contributed by atoms with Crippen molar-refractivity contribution in [2.24, 2.45) is 0 Å². The zero-order valence-corrected chi connectivity index (χ0v) is 11.3. The molecule has 2 aromatic rings. The van der Waals surface area contributed by atoms with E-state index in [1.807, 2.05) is 0 Å². The molecule has 104 valence electrons. The van der Waals surface area contributed by atoms with Gasteiger partial charge >= 0.3 is 0 Å². The second kappa shape index (κ2) is 5.37. The lowest BCUT2D eigenvalue weighted by Crippen LogP contribution is -2.12. The van der Waals surface area contributed by atoms with Gasteiger partial charge in [-0.2, -0.15) is 0 Å². The number of nitrogens with zero attached hydrogens (tertiary/aromatic N) is 1. The van der Waals surface area contributed by atoms with Crippen molar-refractivity contribution in [1.29, 1.82) is 0 Å². The van der Waals surface area contributed by atoms with Gasteiger partial charge in [-0.1, -0.05) is 5.92 Å². The van der Waals surface area contributed by atoms with Crippen molar-refractivity contribution in [1.82, 2.24) is 4.98 Å². The average Bonchev–Trinajstić information content (AvgIpc) is 2.44. The fourth-order valence-electron chi connectivity index (χ4n) is 2.39. The van der Waals surface area contributed by atoms with Gasteiger partial charge in [0.05, 0.1) is 5.69 Å². The Labute approximate surface area is 122 Å². The highest BCUT2D eigenvalue weighted by Crippen LogP contribution is 2.19. The highest BCUT2D eigenvalue weighted by atomic mass is 19.1. The molecule has 0 spiro atoms. The molecule has 0 radical (unpaired) electrons. The Morgan fingerprint density at radius 3 is 2.81 bits per heavy atom. The molecule has 0 aliphatic heterocycles. The summed E-state index contributed by atoms with van der Waals surface area (Å²) in [5.74, 6) is 5.46. The van der Waals surface area contributed by atoms with Crippen LogP contribution < -0.4 is 5.73 Å². The first kappa shape index (κ1) is 13.3. The maximum Gasteiger partial charge on any atom is 0.164 e. The number of anilines is 1. The van der Waals surface area contributed by atoms with Crippen LogP contribution in [0.1, 0.15) is 40.2 Å². The fraction of sp³-hybridized carbons (Fsp3) is 0.176. The molecule has 1 aromatic heterocycles. The molecule has 2 N–H and O–H groups in total. The van der Waals surface area contributed by atoms with Crippen molar-refractivity contribution in [2.45, 2.75) is 19.3 Å². The maximum atomic E-state index is 13.2. The molecule has 1 aromatic carbocycles. The van der Waals surface area contributed by atoms with Gasteiger partial charge in [-0.3, -0.25) is 4.79 Å². The Morgan fingerprint density at radius 2 is 2.00 bits per heavy atom. The lowest BCUT2D eigenvalue weighted by Gasteiger charge is -2.12. The largest absolute Gasteiger partial charge is 0.399 e. The van der Waals surface area contributed by atoms with Crippen molar-refractivity contribution < 1.29 is 9.18 Å². The molecule has 1 aliphatic carbocycles. The number of nitrogens with two attached hydrogens (primary N) is 1. The fourth-order valence-corrected chi connectivity index (χ4v) is 2.39. The zero-order chi connectivity index (χ0) is 14.8. The summed E-state index contributed by atoms with van der Waals surface area (Å²) in [6.07, 6.45) is 2.21. The number of aryl methyl sites for hydroxylation is 1. The van der Waals surface area contributed by atoms with Crippen molar-refractivity contribution >= 4 is 11.5 Å². The Hall–Kier alpha value is -2.67. The highest BCUT2D eigenvalue weighted by Gasteiger charge is 2.17. The number of hydrogen-bond acceptors (Lipinski definition) is 3. The number of rotatable bonds is 0. The van der Waals surface area contributed by atoms with E-state index < -0.39 is 5.82 Å². The molecule has 0 amide bonds. The van der Waals surface area contributed by atoms with Crippen LogP contribution >= 0.6 is 0 Å². The van der Waals surface area contributed by atoms with E-state index >= 15 is 0 Å². The number of halogens is 1. The van der Waals surface area contributed by atoms with Crippen LogP contribution in [0.3, 0.4) is 0 Å². The number of aromatic nitrogens is 1. The number of benzene rings is 1. The van der Waals surface area contributed by atoms with Crippen LogP contribution in [-0.2, 0) is 6.42 Å². The summed E-state index contributed by atoms with van der Waals surface area (Å²) in [7, 11) is 0. The van der Waals surface area contributed by atoms with Crippen LogP contribution in [0, 0.1) is 17.7 Å². The number of fused-ring (bicyclic) bond motifs is 1. The average molecular weight is 280 g/mol. The second-order valence-corrected chi connectivity index (χ2v) is 4.99. The quantitative estimate of drug-likeness (QED) is 0.596. The predicted octanol–water partition coefficient (Wildman–Crippen LogP) is 2.72. The van der Waals surface area contributed by atoms with Crippen molar-refractivity contribution in [3.63, 3.8) is 0 Å². The van der Waals surface area contributed by atoms with Crippen LogP contribution in [-0.4, -0.2) is 10.8 Å². The van der Waals surface area contributed by atoms with Gasteiger partial charge in [-0.25, -0.2) is 9.37 Å². The molecule has 0 saturated carbocycles. The van der Waals surface area contributed by atoms with Crippen molar-refractivity contribution in [2.75, 3.05) is 5.73 Å². The third-order valence-electron chi connectivity index (χ3n) is 3.35. The maximum absolute atomic E-state index is 13.2. The molecule has 0 unspecified atom stereocenters. The third-order valence-corrected chi connectivity index (χ3v) is 3.35. The lowest BCUT2D eigenvalue weighted by atomic mass is 9.94. The number of nitrogen functional groups attached to an aromatic ring is 1. The van der Waals surface area contributed by atoms with Gasteiger partial charge in [0.1, 0.15) is 11.5 Å². The molecule has 0 saturated heterocycles. The van der Waals surface area contributed by atoms with E-state index in [-0.39, 0.29) is 5.78 Å². The Kier molecular flexibility index (Phi) is 3.41. The first-order valence-corrected chi connectivity index (χ1v) is 6.73. The molecule has 4 heteroatoms. The standard InChI is InChI=1S/C17H13FN2O/c18-12-8-11(9-13(19)10-12)4-5-14-6-7-15-16(20-14)2-1-3-17(15)21/h6-10H,1-3,19H2. The SMILES string of the molecule is Nc1cc(F)cc(C#Cc2ccc3c(n2)CCCC3=O)c1. The van der Waals surface area contributed by atoms with Crippen molar-refractivity contribution in [3.05, 3.63) is 58.7 Å². The van der Waals surface area contributed by atoms with E-state index in [2.05, 4.69) is 16.8 Å². The first-order chi connectivity index (χ1) is 10.1. The second-order valence-electron chi connectivity index (χ2n) is 4.99. The Morgan fingerprint density at radius 1 is 1.14 bits per heavy atom. The molecule has 0 bridgehead atoms. The minimum atomic E-state index is -0.414. The molecular formula is C17H13FN2O. The van der Waals surface area contributed by atoms with Gasteiger partial charge in [-0.15, -0.1) is 0 Å². The van der Waals surface area contributed by atoms with Gasteiger partial charge in [0.25, 0.3) is 0 Å². The number of carbonyl (C=O) groups excluding carboxylic acids is 1. The predicted molar refractivity (Wildman–Crippen MR) is 78.3 cm³/mol. The summed E-state index contributed by atoms with van der Waals surface area (Å²) in [5.41, 5.74) is 8.49. The van der Waals surface area contributed by atoms with Crippen LogP contribution in [0.2, 0.25) is 0 Å². The Balaban J connectivity index is 1.92. The zero-order valence-electron chi connectivity index (χ0n) is 11.3. The summed E-state index contributed by atoms with van der Waals surface area (Å²) in [6.45, 7) is 0. The van der Waals surface area contributed by atoms with E-state index in [1.54, 1.807) is 18.2 Å². The van der Waals surface area contributed by atoms with Gasteiger partial charge in [0.2, 0.25) is 0 Å². The van der Waals surface area contributed by atoms with Crippen molar-refractivity contribution in [3.8, 4) is 11.8 Å². The first-order valence-electron chi connectivity index (χ1n) is 6.73. The number of hydrogen-bond donors (Lipinski definition) is 1. The molecule has 1 heterocycles. The molecule has 21 heavy (non-hydrogen) atoms. The van der Waals surface area contributed by atoms with E-state index in [4.69, 9.17) is 5.73 Å². The smallest absolute Gasteiger partial charge is 0.164 e. The number of carbonyl (C=O) groups is 1. The van der Waals surface area contributed by atoms with Gasteiger partial charge in [0, 0.05) is 23.2 Å². The van der Waals surface area contributed by atoms with E-state index in [1.165, 1.54) is 12.1 Å². The normalized spacial score (nSPS) is 13.3. The number of Topliss-reactive ketones (excluding diaryl/α,β-unsaturated/α-hetero) is 1. The number of ketones is 1. The molecule has 1 aliphatic rings. The van der Waals surface area contributed by atoms with E-state index in [0.29, 0.717) is 28.9 Å². The topological polar surface area (TPSA) is 56.0 Å². The highest BCUT2D eigenvalue weighted by molar-refractivity contribution is 5.98. The molecule has 3 nitrogen and oxygen atoms in total. The van der Waals surface area contributed by atoms with Gasteiger partial charge in [0.15, 0.2) is 5.78 Å². The summed E-state index contributed by atoms with van der Waals surface area (Å²) >= 11 is 0. The monoisotopic (exact) mass is 280 g/mol.